The number of nitrogens with zero attached hydrogens (tertiary/aromatic N) is 5. The van der Waals surface area contributed by atoms with Crippen LogP contribution in [0.4, 0.5) is 5.82 Å². The Balaban J connectivity index is 1.33. The van der Waals surface area contributed by atoms with E-state index >= 15 is 0 Å². The number of ether oxygens (including phenoxy) is 1. The molecule has 0 saturated carbocycles. The standard InChI is InChI=1S/C25H35N5O/c1-19-23-8-5-13-29(15-9-21-7-2-3-12-26-21)25(23)28-24(27-19)20-6-4-14-30(18-20)22-10-16-31-17-11-22/h2-3,7,12,20,22H,4-6,8-11,13-18H2,1H3. The summed E-state index contributed by atoms with van der Waals surface area (Å²) >= 11 is 0. The molecule has 2 aromatic heterocycles. The Morgan fingerprint density at radius 2 is 1.97 bits per heavy atom. The summed E-state index contributed by atoms with van der Waals surface area (Å²) in [6, 6.07) is 6.85. The third-order valence-corrected chi connectivity index (χ3v) is 7.25. The Morgan fingerprint density at radius 3 is 2.81 bits per heavy atom. The molecule has 5 rings (SSSR count). The van der Waals surface area contributed by atoms with Crippen molar-refractivity contribution in [1.82, 2.24) is 19.9 Å². The lowest BCUT2D eigenvalue weighted by Gasteiger charge is -2.40. The van der Waals surface area contributed by atoms with E-state index in [0.717, 1.165) is 70.0 Å². The van der Waals surface area contributed by atoms with Crippen LogP contribution in [0.1, 0.15) is 60.8 Å². The summed E-state index contributed by atoms with van der Waals surface area (Å²) in [5, 5.41) is 0. The Hall–Kier alpha value is -2.05. The van der Waals surface area contributed by atoms with E-state index in [1.54, 1.807) is 0 Å². The van der Waals surface area contributed by atoms with Gasteiger partial charge >= 0.3 is 0 Å². The quantitative estimate of drug-likeness (QED) is 0.736. The van der Waals surface area contributed by atoms with Crippen molar-refractivity contribution in [2.45, 2.75) is 63.8 Å². The fourth-order valence-electron chi connectivity index (χ4n) is 5.50. The van der Waals surface area contributed by atoms with Crippen LogP contribution in [0.15, 0.2) is 24.4 Å². The molecule has 0 aliphatic carbocycles. The molecule has 166 valence electrons. The molecular weight excluding hydrogens is 386 g/mol. The van der Waals surface area contributed by atoms with E-state index in [9.17, 15) is 0 Å². The predicted octanol–water partition coefficient (Wildman–Crippen LogP) is 3.53. The minimum absolute atomic E-state index is 0.445. The van der Waals surface area contributed by atoms with Crippen molar-refractivity contribution in [2.24, 2.45) is 0 Å². The lowest BCUT2D eigenvalue weighted by atomic mass is 9.93. The van der Waals surface area contributed by atoms with Crippen molar-refractivity contribution >= 4 is 5.82 Å². The summed E-state index contributed by atoms with van der Waals surface area (Å²) in [6.07, 6.45) is 9.89. The highest BCUT2D eigenvalue weighted by Gasteiger charge is 2.31. The monoisotopic (exact) mass is 421 g/mol. The number of rotatable bonds is 5. The number of aromatic nitrogens is 3. The van der Waals surface area contributed by atoms with Crippen LogP contribution >= 0.6 is 0 Å². The topological polar surface area (TPSA) is 54.4 Å². The molecule has 5 heterocycles. The summed E-state index contributed by atoms with van der Waals surface area (Å²) in [4.78, 5) is 19.9. The van der Waals surface area contributed by atoms with Crippen molar-refractivity contribution in [2.75, 3.05) is 44.3 Å². The van der Waals surface area contributed by atoms with Crippen LogP contribution in [-0.2, 0) is 17.6 Å². The van der Waals surface area contributed by atoms with E-state index in [0.29, 0.717) is 12.0 Å². The largest absolute Gasteiger partial charge is 0.381 e. The van der Waals surface area contributed by atoms with Crippen molar-refractivity contribution in [3.63, 3.8) is 0 Å². The van der Waals surface area contributed by atoms with Gasteiger partial charge in [-0.15, -0.1) is 0 Å². The third kappa shape index (κ3) is 4.75. The minimum atomic E-state index is 0.445. The highest BCUT2D eigenvalue weighted by atomic mass is 16.5. The molecule has 3 aliphatic heterocycles. The number of pyridine rings is 1. The number of hydrogen-bond acceptors (Lipinski definition) is 6. The van der Waals surface area contributed by atoms with Gasteiger partial charge in [0.2, 0.25) is 0 Å². The molecule has 0 radical (unpaired) electrons. The summed E-state index contributed by atoms with van der Waals surface area (Å²) < 4.78 is 5.59. The highest BCUT2D eigenvalue weighted by molar-refractivity contribution is 5.51. The average molecular weight is 422 g/mol. The molecule has 0 N–H and O–H groups in total. The number of likely N-dealkylation sites (tertiary alicyclic amines) is 1. The summed E-state index contributed by atoms with van der Waals surface area (Å²) in [5.74, 6) is 2.70. The first-order valence-corrected chi connectivity index (χ1v) is 12.1. The van der Waals surface area contributed by atoms with Crippen molar-refractivity contribution in [1.29, 1.82) is 0 Å². The van der Waals surface area contributed by atoms with Crippen molar-refractivity contribution < 1.29 is 4.74 Å². The first-order valence-electron chi connectivity index (χ1n) is 12.1. The van der Waals surface area contributed by atoms with Gasteiger partial charge in [0.25, 0.3) is 0 Å². The number of fused-ring (bicyclic) bond motifs is 1. The SMILES string of the molecule is Cc1nc(C2CCCN(C3CCOCC3)C2)nc2c1CCCN2CCc1ccccn1. The molecular formula is C25H35N5O. The predicted molar refractivity (Wildman–Crippen MR) is 123 cm³/mol. The molecule has 6 heteroatoms. The Bertz CT molecular complexity index is 868. The van der Waals surface area contributed by atoms with Gasteiger partial charge in [-0.05, 0) is 64.1 Å². The lowest BCUT2D eigenvalue weighted by Crippen LogP contribution is -2.45. The zero-order valence-electron chi connectivity index (χ0n) is 18.8. The molecule has 1 atom stereocenters. The molecule has 2 fully saturated rings. The number of anilines is 1. The van der Waals surface area contributed by atoms with Gasteiger partial charge in [-0.1, -0.05) is 6.07 Å². The van der Waals surface area contributed by atoms with Gasteiger partial charge in [-0.25, -0.2) is 9.97 Å². The maximum Gasteiger partial charge on any atom is 0.135 e. The zero-order chi connectivity index (χ0) is 21.0. The minimum Gasteiger partial charge on any atom is -0.381 e. The molecule has 0 aromatic carbocycles. The van der Waals surface area contributed by atoms with Crippen LogP contribution in [0.25, 0.3) is 0 Å². The van der Waals surface area contributed by atoms with Gasteiger partial charge in [0.05, 0.1) is 0 Å². The van der Waals surface area contributed by atoms with E-state index in [4.69, 9.17) is 14.7 Å². The molecule has 0 amide bonds. The van der Waals surface area contributed by atoms with Gasteiger partial charge < -0.3 is 9.64 Å². The Labute approximate surface area is 186 Å². The van der Waals surface area contributed by atoms with Crippen LogP contribution in [0.5, 0.6) is 0 Å². The van der Waals surface area contributed by atoms with E-state index in [2.05, 4.69) is 33.8 Å². The smallest absolute Gasteiger partial charge is 0.135 e. The highest BCUT2D eigenvalue weighted by Crippen LogP contribution is 2.33. The maximum absolute atomic E-state index is 5.59. The van der Waals surface area contributed by atoms with Gasteiger partial charge in [-0.2, -0.15) is 0 Å². The maximum atomic E-state index is 5.59. The third-order valence-electron chi connectivity index (χ3n) is 7.25. The van der Waals surface area contributed by atoms with Crippen LogP contribution in [0.2, 0.25) is 0 Å². The van der Waals surface area contributed by atoms with Crippen molar-refractivity contribution in [3.8, 4) is 0 Å². The summed E-state index contributed by atoms with van der Waals surface area (Å²) in [5.41, 5.74) is 3.69. The Kier molecular flexibility index (Phi) is 6.46. The summed E-state index contributed by atoms with van der Waals surface area (Å²) in [6.45, 7) is 8.36. The fraction of sp³-hybridized carbons (Fsp3) is 0.640. The molecule has 0 spiro atoms. The van der Waals surface area contributed by atoms with Crippen molar-refractivity contribution in [3.05, 3.63) is 47.2 Å². The Morgan fingerprint density at radius 1 is 1.06 bits per heavy atom. The fourth-order valence-corrected chi connectivity index (χ4v) is 5.50. The lowest BCUT2D eigenvalue weighted by molar-refractivity contribution is 0.0235. The summed E-state index contributed by atoms with van der Waals surface area (Å²) in [7, 11) is 0. The van der Waals surface area contributed by atoms with Gasteiger partial charge in [-0.3, -0.25) is 9.88 Å². The molecule has 2 saturated heterocycles. The molecule has 6 nitrogen and oxygen atoms in total. The zero-order valence-corrected chi connectivity index (χ0v) is 18.8. The van der Waals surface area contributed by atoms with Gasteiger partial charge in [0, 0.05) is 74.4 Å². The van der Waals surface area contributed by atoms with E-state index < -0.39 is 0 Å². The van der Waals surface area contributed by atoms with E-state index in [1.807, 2.05) is 12.3 Å². The molecule has 3 aliphatic rings. The van der Waals surface area contributed by atoms with Crippen LogP contribution in [0, 0.1) is 6.92 Å². The first kappa shape index (κ1) is 20.8. The second-order valence-corrected chi connectivity index (χ2v) is 9.31. The van der Waals surface area contributed by atoms with E-state index in [1.165, 1.54) is 42.9 Å². The van der Waals surface area contributed by atoms with Crippen LogP contribution in [0.3, 0.4) is 0 Å². The second-order valence-electron chi connectivity index (χ2n) is 9.31. The molecule has 1 unspecified atom stereocenters. The molecule has 0 bridgehead atoms. The van der Waals surface area contributed by atoms with E-state index in [-0.39, 0.29) is 0 Å². The second kappa shape index (κ2) is 9.61. The average Bonchev–Trinajstić information content (AvgIpc) is 2.84. The number of piperidine rings is 1. The first-order chi connectivity index (χ1) is 15.3. The van der Waals surface area contributed by atoms with Gasteiger partial charge in [0.15, 0.2) is 0 Å². The number of aryl methyl sites for hydroxylation is 1. The van der Waals surface area contributed by atoms with Crippen LogP contribution in [-0.4, -0.2) is 65.3 Å². The number of hydrogen-bond donors (Lipinski definition) is 0. The normalized spacial score (nSPS) is 23.0. The molecule has 2 aromatic rings. The molecule has 31 heavy (non-hydrogen) atoms. The van der Waals surface area contributed by atoms with Crippen LogP contribution < -0.4 is 4.90 Å². The van der Waals surface area contributed by atoms with Gasteiger partial charge in [0.1, 0.15) is 11.6 Å².